The number of halogens is 1. The van der Waals surface area contributed by atoms with Crippen LogP contribution in [0.15, 0.2) is 0 Å². The molecule has 0 aliphatic carbocycles. The van der Waals surface area contributed by atoms with Crippen molar-refractivity contribution in [2.45, 2.75) is 11.7 Å². The lowest BCUT2D eigenvalue weighted by molar-refractivity contribution is -0.127. The molecule has 5 nitrogen and oxygen atoms in total. The Morgan fingerprint density at radius 1 is 1.50 bits per heavy atom. The van der Waals surface area contributed by atoms with Gasteiger partial charge in [-0.15, -0.1) is 3.89 Å². The number of carbonyl (C=O) groups is 1. The van der Waals surface area contributed by atoms with E-state index in [1.807, 2.05) is 0 Å². The van der Waals surface area contributed by atoms with Crippen molar-refractivity contribution in [3.05, 3.63) is 0 Å². The van der Waals surface area contributed by atoms with Gasteiger partial charge in [-0.25, -0.2) is 0 Å². The van der Waals surface area contributed by atoms with Crippen LogP contribution in [-0.2, 0) is 15.0 Å². The summed E-state index contributed by atoms with van der Waals surface area (Å²) in [5.74, 6) is 0.869. The van der Waals surface area contributed by atoms with E-state index in [1.54, 1.807) is 0 Å². The molecule has 0 saturated carbocycles. The first kappa shape index (κ1) is 13.7. The highest BCUT2D eigenvalue weighted by molar-refractivity contribution is 7.99. The highest BCUT2D eigenvalue weighted by atomic mass is 32.3. The topological polar surface area (TPSA) is 74.7 Å². The minimum atomic E-state index is -4.61. The van der Waals surface area contributed by atoms with Gasteiger partial charge in [-0.05, 0) is 0 Å². The SMILES string of the molecule is O=C1CC(S(=O)(=O)F)CN1CCSCCO. The monoisotopic (exact) mass is 271 g/mol. The van der Waals surface area contributed by atoms with E-state index in [0.29, 0.717) is 18.1 Å². The van der Waals surface area contributed by atoms with Crippen LogP contribution in [0.1, 0.15) is 6.42 Å². The summed E-state index contributed by atoms with van der Waals surface area (Å²) in [5, 5.41) is 7.32. The molecule has 0 aromatic carbocycles. The number of carbonyl (C=O) groups excluding carboxylic acids is 1. The fourth-order valence-corrected chi connectivity index (χ4v) is 2.86. The average molecular weight is 271 g/mol. The zero-order valence-corrected chi connectivity index (χ0v) is 10.3. The Hall–Kier alpha value is -0.340. The molecular weight excluding hydrogens is 257 g/mol. The van der Waals surface area contributed by atoms with Crippen molar-refractivity contribution >= 4 is 27.9 Å². The first-order chi connectivity index (χ1) is 7.45. The summed E-state index contributed by atoms with van der Waals surface area (Å²) in [6, 6.07) is 0. The number of likely N-dealkylation sites (tertiary alicyclic amines) is 1. The van der Waals surface area contributed by atoms with Crippen molar-refractivity contribution in [1.82, 2.24) is 4.90 Å². The molecule has 1 aliphatic rings. The van der Waals surface area contributed by atoms with E-state index in [4.69, 9.17) is 5.11 Å². The molecule has 1 aliphatic heterocycles. The summed E-state index contributed by atoms with van der Waals surface area (Å²) in [4.78, 5) is 12.7. The number of amides is 1. The van der Waals surface area contributed by atoms with Gasteiger partial charge in [0.2, 0.25) is 5.91 Å². The maximum Gasteiger partial charge on any atom is 0.307 e. The molecule has 8 heteroatoms. The largest absolute Gasteiger partial charge is 0.396 e. The van der Waals surface area contributed by atoms with Crippen LogP contribution < -0.4 is 0 Å². The van der Waals surface area contributed by atoms with Gasteiger partial charge in [-0.2, -0.15) is 20.2 Å². The van der Waals surface area contributed by atoms with Crippen molar-refractivity contribution in [3.63, 3.8) is 0 Å². The van der Waals surface area contributed by atoms with Crippen LogP contribution in [-0.4, -0.2) is 60.8 Å². The summed E-state index contributed by atoms with van der Waals surface area (Å²) in [6.45, 7) is 0.410. The molecule has 0 radical (unpaired) electrons. The minimum Gasteiger partial charge on any atom is -0.396 e. The molecule has 16 heavy (non-hydrogen) atoms. The molecule has 1 atom stereocenters. The molecule has 1 unspecified atom stereocenters. The quantitative estimate of drug-likeness (QED) is 0.526. The van der Waals surface area contributed by atoms with Gasteiger partial charge in [-0.3, -0.25) is 4.79 Å². The second kappa shape index (κ2) is 5.83. The fourth-order valence-electron chi connectivity index (χ4n) is 1.48. The molecular formula is C8H14FNO4S2. The Morgan fingerprint density at radius 2 is 2.19 bits per heavy atom. The summed E-state index contributed by atoms with van der Waals surface area (Å²) >= 11 is 1.46. The second-order valence-electron chi connectivity index (χ2n) is 3.48. The zero-order valence-electron chi connectivity index (χ0n) is 8.63. The minimum absolute atomic E-state index is 0.0582. The number of hydrogen-bond donors (Lipinski definition) is 1. The van der Waals surface area contributed by atoms with Gasteiger partial charge in [0, 0.05) is 31.0 Å². The Balaban J connectivity index is 2.37. The summed E-state index contributed by atoms with van der Waals surface area (Å²) in [6.07, 6.45) is -0.260. The highest BCUT2D eigenvalue weighted by Crippen LogP contribution is 2.19. The summed E-state index contributed by atoms with van der Waals surface area (Å²) < 4.78 is 33.9. The number of aliphatic hydroxyl groups is 1. The Morgan fingerprint density at radius 3 is 2.69 bits per heavy atom. The van der Waals surface area contributed by atoms with Crippen molar-refractivity contribution < 1.29 is 22.2 Å². The second-order valence-corrected chi connectivity index (χ2v) is 6.32. The van der Waals surface area contributed by atoms with Gasteiger partial charge in [0.1, 0.15) is 5.25 Å². The number of thioether (sulfide) groups is 1. The van der Waals surface area contributed by atoms with Gasteiger partial charge in [0.05, 0.1) is 6.61 Å². The number of rotatable bonds is 6. The van der Waals surface area contributed by atoms with E-state index < -0.39 is 15.5 Å². The van der Waals surface area contributed by atoms with Crippen LogP contribution in [0.2, 0.25) is 0 Å². The fraction of sp³-hybridized carbons (Fsp3) is 0.875. The first-order valence-corrected chi connectivity index (χ1v) is 7.45. The molecule has 1 fully saturated rings. The van der Waals surface area contributed by atoms with Crippen molar-refractivity contribution in [1.29, 1.82) is 0 Å². The normalized spacial score (nSPS) is 21.8. The zero-order chi connectivity index (χ0) is 12.2. The Bertz CT molecular complexity index is 346. The van der Waals surface area contributed by atoms with Gasteiger partial charge in [0.25, 0.3) is 0 Å². The number of hydrogen-bond acceptors (Lipinski definition) is 5. The van der Waals surface area contributed by atoms with Gasteiger partial charge in [-0.1, -0.05) is 0 Å². The third kappa shape index (κ3) is 3.91. The van der Waals surface area contributed by atoms with Gasteiger partial charge < -0.3 is 10.0 Å². The maximum absolute atomic E-state index is 12.6. The highest BCUT2D eigenvalue weighted by Gasteiger charge is 2.37. The Kier molecular flexibility index (Phi) is 5.00. The number of aliphatic hydroxyl groups excluding tert-OH is 1. The molecule has 1 rings (SSSR count). The van der Waals surface area contributed by atoms with E-state index in [1.165, 1.54) is 16.7 Å². The molecule has 0 bridgehead atoms. The molecule has 1 saturated heterocycles. The predicted molar refractivity (Wildman–Crippen MR) is 59.4 cm³/mol. The van der Waals surface area contributed by atoms with E-state index in [0.717, 1.165) is 0 Å². The van der Waals surface area contributed by atoms with Crippen LogP contribution in [0.25, 0.3) is 0 Å². The van der Waals surface area contributed by atoms with Crippen LogP contribution in [0.5, 0.6) is 0 Å². The molecule has 1 amide bonds. The average Bonchev–Trinajstić information content (AvgIpc) is 2.55. The standard InChI is InChI=1S/C8H14FNO4S2/c9-16(13,14)7-5-8(12)10(6-7)1-3-15-4-2-11/h7,11H,1-6H2. The lowest BCUT2D eigenvalue weighted by atomic mass is 10.4. The van der Waals surface area contributed by atoms with Crippen molar-refractivity contribution in [3.8, 4) is 0 Å². The lowest BCUT2D eigenvalue weighted by Gasteiger charge is -2.15. The summed E-state index contributed by atoms with van der Waals surface area (Å²) in [5.41, 5.74) is 0. The van der Waals surface area contributed by atoms with Crippen LogP contribution >= 0.6 is 11.8 Å². The van der Waals surface area contributed by atoms with Crippen LogP contribution in [0.3, 0.4) is 0 Å². The van der Waals surface area contributed by atoms with E-state index in [9.17, 15) is 17.1 Å². The molecule has 94 valence electrons. The van der Waals surface area contributed by atoms with Crippen LogP contribution in [0.4, 0.5) is 3.89 Å². The van der Waals surface area contributed by atoms with E-state index in [-0.39, 0.29) is 25.5 Å². The molecule has 0 aromatic rings. The lowest BCUT2D eigenvalue weighted by Crippen LogP contribution is -2.29. The third-order valence-electron chi connectivity index (χ3n) is 2.32. The Labute approximate surface area is 98.2 Å². The molecule has 1 N–H and O–H groups in total. The van der Waals surface area contributed by atoms with Crippen LogP contribution in [0, 0.1) is 0 Å². The summed E-state index contributed by atoms with van der Waals surface area (Å²) in [7, 11) is -4.61. The van der Waals surface area contributed by atoms with E-state index in [2.05, 4.69) is 0 Å². The molecule has 1 heterocycles. The number of nitrogens with zero attached hydrogens (tertiary/aromatic N) is 1. The third-order valence-corrected chi connectivity index (χ3v) is 4.37. The van der Waals surface area contributed by atoms with E-state index >= 15 is 0 Å². The molecule has 0 spiro atoms. The maximum atomic E-state index is 12.6. The predicted octanol–water partition coefficient (Wildman–Crippen LogP) is -0.388. The van der Waals surface area contributed by atoms with Crippen molar-refractivity contribution in [2.24, 2.45) is 0 Å². The van der Waals surface area contributed by atoms with Gasteiger partial charge in [0.15, 0.2) is 0 Å². The first-order valence-electron chi connectivity index (χ1n) is 4.85. The van der Waals surface area contributed by atoms with Gasteiger partial charge >= 0.3 is 10.2 Å². The molecule has 0 aromatic heterocycles. The smallest absolute Gasteiger partial charge is 0.307 e. The van der Waals surface area contributed by atoms with Crippen molar-refractivity contribution in [2.75, 3.05) is 31.2 Å².